The highest BCUT2D eigenvalue weighted by Crippen LogP contribution is 2.23. The van der Waals surface area contributed by atoms with E-state index < -0.39 is 0 Å². The Kier molecular flexibility index (Phi) is 4.97. The van der Waals surface area contributed by atoms with Crippen LogP contribution in [0.1, 0.15) is 29.3 Å². The van der Waals surface area contributed by atoms with Gasteiger partial charge < -0.3 is 10.2 Å². The number of nitrogens with one attached hydrogen (secondary N) is 2. The quantitative estimate of drug-likeness (QED) is 0.894. The molecule has 2 aromatic rings. The molecule has 3 rings (SSSR count). The molecule has 0 aliphatic carbocycles. The van der Waals surface area contributed by atoms with E-state index in [9.17, 15) is 4.79 Å². The van der Waals surface area contributed by atoms with E-state index in [-0.39, 0.29) is 5.91 Å². The number of benzene rings is 1. The van der Waals surface area contributed by atoms with Gasteiger partial charge in [-0.05, 0) is 29.6 Å². The Bertz CT molecular complexity index is 739. The average Bonchev–Trinajstić information content (AvgIpc) is 3.18. The molecule has 0 radical (unpaired) electrons. The van der Waals surface area contributed by atoms with Gasteiger partial charge in [-0.3, -0.25) is 4.79 Å². The van der Waals surface area contributed by atoms with E-state index in [1.54, 1.807) is 29.5 Å². The van der Waals surface area contributed by atoms with Crippen molar-refractivity contribution in [3.8, 4) is 6.07 Å². The number of quaternary nitrogens is 1. The molecule has 1 aliphatic heterocycles. The molecule has 2 N–H and O–H groups in total. The lowest BCUT2D eigenvalue weighted by Crippen LogP contribution is -3.11. The van der Waals surface area contributed by atoms with E-state index in [0.717, 1.165) is 19.4 Å². The van der Waals surface area contributed by atoms with Gasteiger partial charge in [0.2, 0.25) is 0 Å². The number of nitrogens with zero attached hydrogens (tertiary/aromatic N) is 1. The van der Waals surface area contributed by atoms with Crippen molar-refractivity contribution in [1.82, 2.24) is 0 Å². The molecule has 4 nitrogen and oxygen atoms in total. The van der Waals surface area contributed by atoms with E-state index in [2.05, 4.69) is 28.9 Å². The number of carbonyl (C=O) groups excluding carboxylic acids is 1. The van der Waals surface area contributed by atoms with Gasteiger partial charge in [0.15, 0.2) is 6.54 Å². The molecule has 0 saturated carbocycles. The van der Waals surface area contributed by atoms with Crippen molar-refractivity contribution >= 4 is 34.5 Å². The van der Waals surface area contributed by atoms with Crippen molar-refractivity contribution in [3.63, 3.8) is 0 Å². The first kappa shape index (κ1) is 16.0. The van der Waals surface area contributed by atoms with Crippen LogP contribution in [0.5, 0.6) is 0 Å². The van der Waals surface area contributed by atoms with Crippen LogP contribution < -0.4 is 10.2 Å². The Morgan fingerprint density at radius 3 is 3.09 bits per heavy atom. The Morgan fingerprint density at radius 1 is 1.48 bits per heavy atom. The minimum atomic E-state index is -0.0813. The van der Waals surface area contributed by atoms with Gasteiger partial charge in [0.25, 0.3) is 5.91 Å². The van der Waals surface area contributed by atoms with Gasteiger partial charge >= 0.3 is 0 Å². The summed E-state index contributed by atoms with van der Waals surface area (Å²) in [5.74, 6) is -0.0813. The fourth-order valence-electron chi connectivity index (χ4n) is 3.07. The first-order chi connectivity index (χ1) is 11.2. The van der Waals surface area contributed by atoms with E-state index in [0.29, 0.717) is 28.9 Å². The van der Waals surface area contributed by atoms with Crippen LogP contribution >= 0.6 is 22.9 Å². The summed E-state index contributed by atoms with van der Waals surface area (Å²) in [6.45, 7) is 1.40. The Hall–Kier alpha value is -1.87. The van der Waals surface area contributed by atoms with Crippen LogP contribution in [0.3, 0.4) is 0 Å². The summed E-state index contributed by atoms with van der Waals surface area (Å²) in [4.78, 5) is 15.0. The number of halogens is 1. The maximum Gasteiger partial charge on any atom is 0.279 e. The number of amides is 1. The summed E-state index contributed by atoms with van der Waals surface area (Å²) in [7, 11) is 0. The lowest BCUT2D eigenvalue weighted by Gasteiger charge is -2.20. The number of likely N-dealkylation sites (tertiary alicyclic amines) is 1. The molecular weight excluding hydrogens is 330 g/mol. The molecule has 1 aliphatic rings. The van der Waals surface area contributed by atoms with Gasteiger partial charge in [-0.25, -0.2) is 0 Å². The molecule has 23 heavy (non-hydrogen) atoms. The van der Waals surface area contributed by atoms with E-state index >= 15 is 0 Å². The van der Waals surface area contributed by atoms with Gasteiger partial charge in [0.05, 0.1) is 22.7 Å². The zero-order chi connectivity index (χ0) is 16.2. The third-order valence-electron chi connectivity index (χ3n) is 4.13. The Morgan fingerprint density at radius 2 is 2.35 bits per heavy atom. The molecule has 1 aromatic heterocycles. The molecule has 0 bridgehead atoms. The van der Waals surface area contributed by atoms with Crippen molar-refractivity contribution < 1.29 is 9.69 Å². The zero-order valence-electron chi connectivity index (χ0n) is 12.5. The number of carbonyl (C=O) groups is 1. The maximum absolute atomic E-state index is 12.4. The van der Waals surface area contributed by atoms with Crippen molar-refractivity contribution in [3.05, 3.63) is 51.2 Å². The number of thiophene rings is 1. The summed E-state index contributed by atoms with van der Waals surface area (Å²) in [6.07, 6.45) is 2.25. The SMILES string of the molecule is N#Cc1ccc(Cl)cc1NC(=O)C[NH+]1CCC[C@H]1c1cccs1. The molecular formula is C17H17ClN3OS+. The Labute approximate surface area is 144 Å². The lowest BCUT2D eigenvalue weighted by molar-refractivity contribution is -0.910. The summed E-state index contributed by atoms with van der Waals surface area (Å²) < 4.78 is 0. The van der Waals surface area contributed by atoms with Crippen LogP contribution in [0.25, 0.3) is 0 Å². The second kappa shape index (κ2) is 7.14. The first-order valence-electron chi connectivity index (χ1n) is 7.55. The van der Waals surface area contributed by atoms with E-state index in [1.807, 2.05) is 0 Å². The molecule has 2 atom stereocenters. The molecule has 1 aromatic carbocycles. The third kappa shape index (κ3) is 3.73. The summed E-state index contributed by atoms with van der Waals surface area (Å²) in [5, 5.41) is 14.5. The van der Waals surface area contributed by atoms with Crippen molar-refractivity contribution in [2.45, 2.75) is 18.9 Å². The fraction of sp³-hybridized carbons (Fsp3) is 0.294. The number of hydrogen-bond donors (Lipinski definition) is 2. The first-order valence-corrected chi connectivity index (χ1v) is 8.80. The molecule has 1 saturated heterocycles. The predicted octanol–water partition coefficient (Wildman–Crippen LogP) is 2.63. The molecule has 6 heteroatoms. The topological polar surface area (TPSA) is 57.3 Å². The predicted molar refractivity (Wildman–Crippen MR) is 91.8 cm³/mol. The van der Waals surface area contributed by atoms with Crippen LogP contribution in [-0.4, -0.2) is 19.0 Å². The van der Waals surface area contributed by atoms with Crippen LogP contribution in [0.15, 0.2) is 35.7 Å². The largest absolute Gasteiger partial charge is 0.320 e. The van der Waals surface area contributed by atoms with Gasteiger partial charge in [0.1, 0.15) is 12.1 Å². The van der Waals surface area contributed by atoms with Crippen LogP contribution in [-0.2, 0) is 4.79 Å². The van der Waals surface area contributed by atoms with Crippen LogP contribution in [0.4, 0.5) is 5.69 Å². The van der Waals surface area contributed by atoms with Crippen molar-refractivity contribution in [2.75, 3.05) is 18.4 Å². The molecule has 1 unspecified atom stereocenters. The standard InChI is InChI=1S/C17H16ClN3OS/c18-13-6-5-12(10-19)14(9-13)20-17(22)11-21-7-1-3-15(21)16-4-2-8-23-16/h2,4-6,8-9,15H,1,3,7,11H2,(H,20,22)/p+1/t15-/m0/s1. The van der Waals surface area contributed by atoms with Crippen LogP contribution in [0.2, 0.25) is 5.02 Å². The number of rotatable bonds is 4. The van der Waals surface area contributed by atoms with Gasteiger partial charge in [-0.2, -0.15) is 5.26 Å². The molecule has 0 spiro atoms. The molecule has 1 fully saturated rings. The number of nitriles is 1. The summed E-state index contributed by atoms with van der Waals surface area (Å²) >= 11 is 7.70. The van der Waals surface area contributed by atoms with E-state index in [4.69, 9.17) is 16.9 Å². The van der Waals surface area contributed by atoms with Crippen LogP contribution in [0, 0.1) is 11.3 Å². The highest BCUT2D eigenvalue weighted by Gasteiger charge is 2.32. The molecule has 1 amide bonds. The smallest absolute Gasteiger partial charge is 0.279 e. The van der Waals surface area contributed by atoms with E-state index in [1.165, 1.54) is 9.78 Å². The minimum Gasteiger partial charge on any atom is -0.320 e. The summed E-state index contributed by atoms with van der Waals surface area (Å²) in [5.41, 5.74) is 0.908. The molecule has 118 valence electrons. The highest BCUT2D eigenvalue weighted by atomic mass is 35.5. The normalized spacial score (nSPS) is 20.2. The van der Waals surface area contributed by atoms with Crippen molar-refractivity contribution in [1.29, 1.82) is 5.26 Å². The Balaban J connectivity index is 1.68. The fourth-order valence-corrected chi connectivity index (χ4v) is 4.17. The second-order valence-electron chi connectivity index (χ2n) is 5.65. The average molecular weight is 347 g/mol. The summed E-state index contributed by atoms with van der Waals surface area (Å²) in [6, 6.07) is 11.6. The maximum atomic E-state index is 12.4. The molecule has 2 heterocycles. The minimum absolute atomic E-state index is 0.0813. The van der Waals surface area contributed by atoms with Crippen molar-refractivity contribution in [2.24, 2.45) is 0 Å². The zero-order valence-corrected chi connectivity index (χ0v) is 14.1. The number of anilines is 1. The van der Waals surface area contributed by atoms with Gasteiger partial charge in [-0.15, -0.1) is 11.3 Å². The number of hydrogen-bond acceptors (Lipinski definition) is 3. The van der Waals surface area contributed by atoms with Gasteiger partial charge in [0, 0.05) is 17.9 Å². The lowest BCUT2D eigenvalue weighted by atomic mass is 10.2. The van der Waals surface area contributed by atoms with Gasteiger partial charge in [-0.1, -0.05) is 17.7 Å². The highest BCUT2D eigenvalue weighted by molar-refractivity contribution is 7.10. The monoisotopic (exact) mass is 346 g/mol. The third-order valence-corrected chi connectivity index (χ3v) is 5.35. The second-order valence-corrected chi connectivity index (χ2v) is 7.06.